The Hall–Kier alpha value is -4.38. The first-order valence-corrected chi connectivity index (χ1v) is 13.4. The molecular formula is C27H27N5O5S. The van der Waals surface area contributed by atoms with Crippen LogP contribution in [0.4, 0.5) is 11.4 Å². The van der Waals surface area contributed by atoms with Crippen molar-refractivity contribution in [3.8, 4) is 22.8 Å². The minimum absolute atomic E-state index is 0.0210. The Morgan fingerprint density at radius 2 is 1.79 bits per heavy atom. The molecule has 1 amide bonds. The molecule has 4 rings (SSSR count). The summed E-state index contributed by atoms with van der Waals surface area (Å²) >= 11 is 0. The molecule has 1 aromatic heterocycles. The number of rotatable bonds is 10. The second-order valence-corrected chi connectivity index (χ2v) is 10.8. The quantitative estimate of drug-likeness (QED) is 0.268. The molecule has 0 aliphatic carbocycles. The highest BCUT2D eigenvalue weighted by Crippen LogP contribution is 2.33. The van der Waals surface area contributed by atoms with Crippen molar-refractivity contribution in [3.05, 3.63) is 83.3 Å². The summed E-state index contributed by atoms with van der Waals surface area (Å²) in [6.07, 6.45) is 0.972. The number of amides is 1. The molecule has 0 unspecified atom stereocenters. The van der Waals surface area contributed by atoms with E-state index in [4.69, 9.17) is 4.52 Å². The number of aromatic nitrogens is 2. The summed E-state index contributed by atoms with van der Waals surface area (Å²) in [5.41, 5.74) is 2.03. The average molecular weight is 534 g/mol. The van der Waals surface area contributed by atoms with Crippen LogP contribution in [0.25, 0.3) is 22.8 Å². The van der Waals surface area contributed by atoms with Gasteiger partial charge in [-0.25, -0.2) is 13.1 Å². The molecule has 0 fully saturated rings. The molecule has 0 aliphatic rings. The molecule has 11 heteroatoms. The normalized spacial score (nSPS) is 11.4. The van der Waals surface area contributed by atoms with E-state index in [1.807, 2.05) is 11.9 Å². The summed E-state index contributed by atoms with van der Waals surface area (Å²) in [7, 11) is -2.12. The number of carbonyl (C=O) groups is 1. The van der Waals surface area contributed by atoms with Crippen LogP contribution in [0.1, 0.15) is 30.6 Å². The zero-order valence-electron chi connectivity index (χ0n) is 21.2. The summed E-state index contributed by atoms with van der Waals surface area (Å²) in [4.78, 5) is 30.6. The van der Waals surface area contributed by atoms with Gasteiger partial charge in [0.05, 0.1) is 10.6 Å². The Morgan fingerprint density at radius 3 is 2.50 bits per heavy atom. The van der Waals surface area contributed by atoms with Gasteiger partial charge in [-0.3, -0.25) is 4.79 Å². The van der Waals surface area contributed by atoms with Crippen molar-refractivity contribution in [2.75, 3.05) is 18.5 Å². The van der Waals surface area contributed by atoms with Crippen molar-refractivity contribution in [2.45, 2.75) is 25.2 Å². The van der Waals surface area contributed by atoms with E-state index in [9.17, 15) is 18.1 Å². The monoisotopic (exact) mass is 533 g/mol. The van der Waals surface area contributed by atoms with Gasteiger partial charge in [-0.1, -0.05) is 43.3 Å². The number of benzene rings is 3. The van der Waals surface area contributed by atoms with Crippen molar-refractivity contribution in [1.82, 2.24) is 14.9 Å². The highest BCUT2D eigenvalue weighted by molar-refractivity contribution is 7.90. The smallest absolute Gasteiger partial charge is 0.265 e. The predicted molar refractivity (Wildman–Crippen MR) is 144 cm³/mol. The standard InChI is InChI=1S/C27H27N5O5S/c1-18(2)14-15-32(3)24-13-12-19(17-23(24)29-34)25-28-27(37-30-25)21-9-7-8-20(16-21)26(33)31-38(35,36)22-10-5-4-6-11-22/h4-13,16-18H,14-15H2,1-3H3,(H,31,33). The maximum absolute atomic E-state index is 12.7. The number of hydrogen-bond donors (Lipinski definition) is 1. The lowest BCUT2D eigenvalue weighted by Crippen LogP contribution is -2.30. The first kappa shape index (κ1) is 26.7. The lowest BCUT2D eigenvalue weighted by Gasteiger charge is -2.21. The molecule has 10 nitrogen and oxygen atoms in total. The Kier molecular flexibility index (Phi) is 7.96. The molecule has 4 aromatic rings. The van der Waals surface area contributed by atoms with Gasteiger partial charge >= 0.3 is 0 Å². The molecule has 0 aliphatic heterocycles. The van der Waals surface area contributed by atoms with Crippen LogP contribution in [0.5, 0.6) is 0 Å². The van der Waals surface area contributed by atoms with Crippen LogP contribution in [-0.4, -0.2) is 38.1 Å². The fraction of sp³-hybridized carbons (Fsp3) is 0.222. The fourth-order valence-electron chi connectivity index (χ4n) is 3.72. The minimum Gasteiger partial charge on any atom is -0.373 e. The van der Waals surface area contributed by atoms with Crippen LogP contribution < -0.4 is 9.62 Å². The first-order chi connectivity index (χ1) is 18.2. The van der Waals surface area contributed by atoms with Crippen molar-refractivity contribution in [2.24, 2.45) is 11.1 Å². The van der Waals surface area contributed by atoms with E-state index in [1.54, 1.807) is 48.5 Å². The maximum Gasteiger partial charge on any atom is 0.265 e. The topological polar surface area (TPSA) is 135 Å². The number of nitrogens with one attached hydrogen (secondary N) is 1. The average Bonchev–Trinajstić information content (AvgIpc) is 3.42. The number of sulfonamides is 1. The van der Waals surface area contributed by atoms with E-state index in [1.165, 1.54) is 24.3 Å². The van der Waals surface area contributed by atoms with E-state index < -0.39 is 15.9 Å². The van der Waals surface area contributed by atoms with Gasteiger partial charge in [0, 0.05) is 30.3 Å². The molecule has 38 heavy (non-hydrogen) atoms. The van der Waals surface area contributed by atoms with Gasteiger partial charge in [-0.15, -0.1) is 4.91 Å². The van der Waals surface area contributed by atoms with Crippen LogP contribution in [0, 0.1) is 10.8 Å². The van der Waals surface area contributed by atoms with Gasteiger partial charge in [0.15, 0.2) is 0 Å². The molecule has 0 atom stereocenters. The minimum atomic E-state index is -4.03. The first-order valence-electron chi connectivity index (χ1n) is 11.9. The second kappa shape index (κ2) is 11.3. The van der Waals surface area contributed by atoms with Crippen molar-refractivity contribution in [3.63, 3.8) is 0 Å². The van der Waals surface area contributed by atoms with Gasteiger partial charge in [-0.05, 0) is 66.0 Å². The van der Waals surface area contributed by atoms with Crippen LogP contribution >= 0.6 is 0 Å². The van der Waals surface area contributed by atoms with E-state index in [0.717, 1.165) is 13.0 Å². The zero-order chi connectivity index (χ0) is 27.3. The van der Waals surface area contributed by atoms with Gasteiger partial charge < -0.3 is 9.42 Å². The van der Waals surface area contributed by atoms with Crippen LogP contribution in [-0.2, 0) is 10.0 Å². The summed E-state index contributed by atoms with van der Waals surface area (Å²) < 4.78 is 32.5. The van der Waals surface area contributed by atoms with E-state index in [-0.39, 0.29) is 27.9 Å². The Labute approximate surface area is 220 Å². The molecule has 0 bridgehead atoms. The largest absolute Gasteiger partial charge is 0.373 e. The number of hydrogen-bond acceptors (Lipinski definition) is 9. The second-order valence-electron chi connectivity index (χ2n) is 9.15. The Bertz CT molecular complexity index is 1550. The molecule has 3 aromatic carbocycles. The van der Waals surface area contributed by atoms with Gasteiger partial charge in [0.1, 0.15) is 5.69 Å². The molecule has 0 spiro atoms. The molecule has 1 heterocycles. The third-order valence-electron chi connectivity index (χ3n) is 5.86. The zero-order valence-corrected chi connectivity index (χ0v) is 22.0. The molecule has 1 N–H and O–H groups in total. The third-order valence-corrected chi connectivity index (χ3v) is 7.21. The lowest BCUT2D eigenvalue weighted by atomic mass is 10.1. The number of nitroso groups, excluding NO2 is 1. The third kappa shape index (κ3) is 6.12. The molecule has 0 radical (unpaired) electrons. The maximum atomic E-state index is 12.7. The highest BCUT2D eigenvalue weighted by atomic mass is 32.2. The number of nitrogens with zero attached hydrogens (tertiary/aromatic N) is 4. The lowest BCUT2D eigenvalue weighted by molar-refractivity contribution is 0.0981. The highest BCUT2D eigenvalue weighted by Gasteiger charge is 2.20. The molecular weight excluding hydrogens is 506 g/mol. The van der Waals surface area contributed by atoms with Gasteiger partial charge in [-0.2, -0.15) is 4.98 Å². The number of anilines is 1. The summed E-state index contributed by atoms with van der Waals surface area (Å²) in [5, 5.41) is 7.19. The van der Waals surface area contributed by atoms with Gasteiger partial charge in [0.25, 0.3) is 21.8 Å². The van der Waals surface area contributed by atoms with Crippen LogP contribution in [0.3, 0.4) is 0 Å². The van der Waals surface area contributed by atoms with Gasteiger partial charge in [0.2, 0.25) is 5.82 Å². The fourth-order valence-corrected chi connectivity index (χ4v) is 4.72. The number of carbonyl (C=O) groups excluding carboxylic acids is 1. The van der Waals surface area contributed by atoms with Crippen LogP contribution in [0.15, 0.2) is 87.4 Å². The molecule has 0 saturated carbocycles. The Balaban J connectivity index is 1.54. The molecule has 0 saturated heterocycles. The van der Waals surface area contributed by atoms with E-state index >= 15 is 0 Å². The van der Waals surface area contributed by atoms with E-state index in [0.29, 0.717) is 22.7 Å². The van der Waals surface area contributed by atoms with Crippen molar-refractivity contribution >= 4 is 27.3 Å². The van der Waals surface area contributed by atoms with Crippen LogP contribution in [0.2, 0.25) is 0 Å². The molecule has 196 valence electrons. The summed E-state index contributed by atoms with van der Waals surface area (Å²) in [6, 6.07) is 19.0. The Morgan fingerprint density at radius 1 is 1.03 bits per heavy atom. The van der Waals surface area contributed by atoms with Crippen molar-refractivity contribution in [1.29, 1.82) is 0 Å². The summed E-state index contributed by atoms with van der Waals surface area (Å²) in [5.74, 6) is 0.0939. The van der Waals surface area contributed by atoms with Crippen molar-refractivity contribution < 1.29 is 17.7 Å². The predicted octanol–water partition coefficient (Wildman–Crippen LogP) is 5.40. The summed E-state index contributed by atoms with van der Waals surface area (Å²) in [6.45, 7) is 5.05. The van der Waals surface area contributed by atoms with E-state index in [2.05, 4.69) is 33.9 Å². The SMILES string of the molecule is CC(C)CCN(C)c1ccc(-c2noc(-c3cccc(C(=O)NS(=O)(=O)c4ccccc4)c3)n2)cc1N=O.